The highest BCUT2D eigenvalue weighted by Gasteiger charge is 2.22. The number of rotatable bonds is 5. The van der Waals surface area contributed by atoms with Crippen molar-refractivity contribution in [3.63, 3.8) is 0 Å². The van der Waals surface area contributed by atoms with Gasteiger partial charge in [-0.2, -0.15) is 0 Å². The number of para-hydroxylation sites is 1. The quantitative estimate of drug-likeness (QED) is 0.175. The Morgan fingerprint density at radius 2 is 0.940 bits per heavy atom. The maximum Gasteiger partial charge on any atom is 0.145 e. The van der Waals surface area contributed by atoms with Gasteiger partial charge in [0.05, 0.1) is 11.1 Å². The lowest BCUT2D eigenvalue weighted by Gasteiger charge is -2.27. The van der Waals surface area contributed by atoms with Crippen molar-refractivity contribution in [1.29, 1.82) is 0 Å². The van der Waals surface area contributed by atoms with Crippen LogP contribution in [0.25, 0.3) is 76.5 Å². The van der Waals surface area contributed by atoms with Gasteiger partial charge in [-0.15, -0.1) is 0 Å². The van der Waals surface area contributed by atoms with E-state index < -0.39 is 0 Å². The minimum Gasteiger partial charge on any atom is -0.455 e. The van der Waals surface area contributed by atoms with Crippen LogP contribution in [0.1, 0.15) is 0 Å². The minimum absolute atomic E-state index is 0.876. The van der Waals surface area contributed by atoms with E-state index in [1.165, 1.54) is 43.4 Å². The molecule has 0 spiro atoms. The average molecular weight is 638 g/mol. The van der Waals surface area contributed by atoms with E-state index in [2.05, 4.69) is 187 Å². The molecule has 9 aromatic carbocycles. The summed E-state index contributed by atoms with van der Waals surface area (Å²) in [6.07, 6.45) is 0. The van der Waals surface area contributed by atoms with E-state index in [-0.39, 0.29) is 0 Å². The average Bonchev–Trinajstić information content (AvgIpc) is 3.58. The third-order valence-corrected chi connectivity index (χ3v) is 10.0. The minimum atomic E-state index is 0.876. The van der Waals surface area contributed by atoms with E-state index in [4.69, 9.17) is 4.42 Å². The van der Waals surface area contributed by atoms with Crippen molar-refractivity contribution in [2.75, 3.05) is 4.90 Å². The van der Waals surface area contributed by atoms with Gasteiger partial charge in [0, 0.05) is 22.3 Å². The van der Waals surface area contributed by atoms with Crippen LogP contribution in [0.4, 0.5) is 17.1 Å². The fourth-order valence-corrected chi connectivity index (χ4v) is 7.58. The second-order valence-corrected chi connectivity index (χ2v) is 12.9. The third-order valence-electron chi connectivity index (χ3n) is 10.0. The molecule has 0 radical (unpaired) electrons. The van der Waals surface area contributed by atoms with Crippen molar-refractivity contribution in [3.8, 4) is 22.3 Å². The number of nitrogens with zero attached hydrogens (tertiary/aromatic N) is 1. The molecule has 0 saturated heterocycles. The van der Waals surface area contributed by atoms with Gasteiger partial charge in [0.25, 0.3) is 0 Å². The summed E-state index contributed by atoms with van der Waals surface area (Å²) in [5.41, 5.74) is 9.61. The fourth-order valence-electron chi connectivity index (χ4n) is 7.58. The molecule has 50 heavy (non-hydrogen) atoms. The van der Waals surface area contributed by atoms with Crippen LogP contribution < -0.4 is 4.90 Å². The van der Waals surface area contributed by atoms with Crippen molar-refractivity contribution in [2.24, 2.45) is 0 Å². The molecule has 0 fully saturated rings. The summed E-state index contributed by atoms with van der Waals surface area (Å²) >= 11 is 0. The Bertz CT molecular complexity index is 2870. The van der Waals surface area contributed by atoms with Crippen molar-refractivity contribution in [1.82, 2.24) is 0 Å². The van der Waals surface area contributed by atoms with Gasteiger partial charge in [-0.25, -0.2) is 0 Å². The lowest BCUT2D eigenvalue weighted by molar-refractivity contribution is 0.670. The van der Waals surface area contributed by atoms with Crippen LogP contribution in [-0.4, -0.2) is 0 Å². The summed E-state index contributed by atoms with van der Waals surface area (Å²) in [4.78, 5) is 2.40. The van der Waals surface area contributed by atoms with Crippen LogP contribution in [0.2, 0.25) is 0 Å². The molecule has 0 amide bonds. The Balaban J connectivity index is 1.21. The van der Waals surface area contributed by atoms with Gasteiger partial charge in [-0.1, -0.05) is 146 Å². The number of fused-ring (bicyclic) bond motifs is 7. The van der Waals surface area contributed by atoms with Gasteiger partial charge in [-0.3, -0.25) is 0 Å². The van der Waals surface area contributed by atoms with Crippen molar-refractivity contribution < 1.29 is 4.42 Å². The maximum absolute atomic E-state index is 6.78. The van der Waals surface area contributed by atoms with Crippen molar-refractivity contribution in [3.05, 3.63) is 188 Å². The maximum atomic E-state index is 6.78. The summed E-state index contributed by atoms with van der Waals surface area (Å²) in [6, 6.07) is 67.5. The molecule has 0 aliphatic heterocycles. The van der Waals surface area contributed by atoms with E-state index >= 15 is 0 Å². The van der Waals surface area contributed by atoms with E-state index in [0.717, 1.165) is 50.1 Å². The molecule has 10 rings (SSSR count). The van der Waals surface area contributed by atoms with Gasteiger partial charge in [-0.05, 0) is 91.5 Å². The molecule has 234 valence electrons. The molecular formula is C48H31NO. The van der Waals surface area contributed by atoms with E-state index in [9.17, 15) is 0 Å². The van der Waals surface area contributed by atoms with Crippen molar-refractivity contribution in [2.45, 2.75) is 0 Å². The molecular weight excluding hydrogens is 607 g/mol. The number of anilines is 3. The zero-order chi connectivity index (χ0) is 33.0. The number of hydrogen-bond donors (Lipinski definition) is 0. The molecule has 0 unspecified atom stereocenters. The number of benzene rings is 9. The Labute approximate surface area is 290 Å². The van der Waals surface area contributed by atoms with E-state index in [0.29, 0.717) is 0 Å². The molecule has 1 aromatic heterocycles. The Kier molecular flexibility index (Phi) is 6.53. The fraction of sp³-hybridized carbons (Fsp3) is 0. The molecule has 2 heteroatoms. The molecule has 2 nitrogen and oxygen atoms in total. The molecule has 0 bridgehead atoms. The normalized spacial score (nSPS) is 11.6. The molecule has 1 heterocycles. The van der Waals surface area contributed by atoms with Gasteiger partial charge in [0.15, 0.2) is 0 Å². The van der Waals surface area contributed by atoms with Crippen molar-refractivity contribution >= 4 is 71.3 Å². The largest absolute Gasteiger partial charge is 0.455 e. The standard InChI is InChI=1S/C48H31NO/c1-2-10-32(11-3-1)34-18-20-36(21-19-34)43-28-29-45(47-44-16-8-9-17-46(44)50-48(43)47)49(39-25-24-33-12-4-5-14-37(33)30-39)40-26-27-42-38(31-40)23-22-35-13-6-7-15-41(35)42/h1-31H. The van der Waals surface area contributed by atoms with Gasteiger partial charge >= 0.3 is 0 Å². The van der Waals surface area contributed by atoms with E-state index in [1.54, 1.807) is 0 Å². The third kappa shape index (κ3) is 4.65. The lowest BCUT2D eigenvalue weighted by Crippen LogP contribution is -2.10. The van der Waals surface area contributed by atoms with Crippen LogP contribution in [0, 0.1) is 0 Å². The summed E-state index contributed by atoms with van der Waals surface area (Å²) in [5.74, 6) is 0. The first kappa shape index (κ1) is 28.4. The molecule has 0 N–H and O–H groups in total. The predicted molar refractivity (Wildman–Crippen MR) is 212 cm³/mol. The predicted octanol–water partition coefficient (Wildman–Crippen LogP) is 13.8. The summed E-state index contributed by atoms with van der Waals surface area (Å²) in [5, 5.41) is 9.57. The van der Waals surface area contributed by atoms with Crippen LogP contribution in [-0.2, 0) is 0 Å². The summed E-state index contributed by atoms with van der Waals surface area (Å²) in [6.45, 7) is 0. The smallest absolute Gasteiger partial charge is 0.145 e. The zero-order valence-corrected chi connectivity index (χ0v) is 27.3. The van der Waals surface area contributed by atoms with Crippen LogP contribution in [0.3, 0.4) is 0 Å². The Morgan fingerprint density at radius 3 is 1.78 bits per heavy atom. The molecule has 0 atom stereocenters. The number of hydrogen-bond acceptors (Lipinski definition) is 2. The highest BCUT2D eigenvalue weighted by Crippen LogP contribution is 2.47. The SMILES string of the molecule is c1ccc(-c2ccc(-c3ccc(N(c4ccc5ccccc5c4)c4ccc5c(ccc6ccccc65)c4)c4c3oc3ccccc34)cc2)cc1. The highest BCUT2D eigenvalue weighted by atomic mass is 16.3. The first-order chi connectivity index (χ1) is 24.8. The number of furan rings is 1. The summed E-state index contributed by atoms with van der Waals surface area (Å²) < 4.78 is 6.78. The van der Waals surface area contributed by atoms with Crippen LogP contribution >= 0.6 is 0 Å². The van der Waals surface area contributed by atoms with Gasteiger partial charge in [0.1, 0.15) is 11.2 Å². The van der Waals surface area contributed by atoms with E-state index in [1.807, 2.05) is 6.07 Å². The molecule has 0 saturated carbocycles. The Hall–Kier alpha value is -6.64. The molecule has 10 aromatic rings. The second-order valence-electron chi connectivity index (χ2n) is 12.9. The first-order valence-electron chi connectivity index (χ1n) is 17.1. The zero-order valence-electron chi connectivity index (χ0n) is 27.3. The second kappa shape index (κ2) is 11.5. The summed E-state index contributed by atoms with van der Waals surface area (Å²) in [7, 11) is 0. The topological polar surface area (TPSA) is 16.4 Å². The molecule has 0 aliphatic carbocycles. The first-order valence-corrected chi connectivity index (χ1v) is 17.1. The van der Waals surface area contributed by atoms with Crippen LogP contribution in [0.15, 0.2) is 192 Å². The lowest BCUT2D eigenvalue weighted by atomic mass is 9.97. The Morgan fingerprint density at radius 1 is 0.360 bits per heavy atom. The van der Waals surface area contributed by atoms with Gasteiger partial charge < -0.3 is 9.32 Å². The highest BCUT2D eigenvalue weighted by molar-refractivity contribution is 6.17. The van der Waals surface area contributed by atoms with Crippen LogP contribution in [0.5, 0.6) is 0 Å². The molecule has 0 aliphatic rings. The van der Waals surface area contributed by atoms with Gasteiger partial charge in [0.2, 0.25) is 0 Å². The monoisotopic (exact) mass is 637 g/mol.